The number of carbonyl (C=O) groups excluding carboxylic acids is 1. The second-order valence-corrected chi connectivity index (χ2v) is 5.05. The number of amides is 1. The second kappa shape index (κ2) is 6.76. The molecule has 1 aromatic rings. The van der Waals surface area contributed by atoms with Crippen LogP contribution in [0.15, 0.2) is 18.2 Å². The molecule has 1 atom stereocenters. The van der Waals surface area contributed by atoms with Gasteiger partial charge in [0.05, 0.1) is 12.7 Å². The van der Waals surface area contributed by atoms with Crippen LogP contribution in [0.3, 0.4) is 0 Å². The topological polar surface area (TPSA) is 53.0 Å². The van der Waals surface area contributed by atoms with Crippen molar-refractivity contribution in [3.8, 4) is 0 Å². The minimum atomic E-state index is -0.737. The van der Waals surface area contributed by atoms with Crippen LogP contribution >= 0.6 is 0 Å². The van der Waals surface area contributed by atoms with Crippen LogP contribution in [0.1, 0.15) is 25.5 Å². The summed E-state index contributed by atoms with van der Waals surface area (Å²) in [5.41, 5.74) is 1.38. The summed E-state index contributed by atoms with van der Waals surface area (Å²) in [6.45, 7) is 6.12. The summed E-state index contributed by atoms with van der Waals surface area (Å²) < 4.78 is 18.3. The van der Waals surface area contributed by atoms with Gasteiger partial charge in [-0.15, -0.1) is 0 Å². The van der Waals surface area contributed by atoms with Crippen LogP contribution < -0.4 is 4.90 Å². The molecule has 1 aromatic carbocycles. The van der Waals surface area contributed by atoms with Crippen molar-refractivity contribution < 1.29 is 19.0 Å². The largest absolute Gasteiger partial charge is 0.450 e. The van der Waals surface area contributed by atoms with Gasteiger partial charge in [0.25, 0.3) is 0 Å². The van der Waals surface area contributed by atoms with E-state index in [9.17, 15) is 14.3 Å². The Hall–Kier alpha value is -1.82. The summed E-state index contributed by atoms with van der Waals surface area (Å²) >= 11 is 0. The average Bonchev–Trinajstić information content (AvgIpc) is 2.47. The van der Waals surface area contributed by atoms with E-state index in [1.807, 2.05) is 0 Å². The van der Waals surface area contributed by atoms with Gasteiger partial charge in [-0.3, -0.25) is 0 Å². The van der Waals surface area contributed by atoms with Crippen LogP contribution in [-0.2, 0) is 4.74 Å². The highest BCUT2D eigenvalue weighted by Crippen LogP contribution is 2.28. The number of hydrogen-bond acceptors (Lipinski definition) is 4. The van der Waals surface area contributed by atoms with E-state index in [0.717, 1.165) is 5.69 Å². The Labute approximate surface area is 123 Å². The number of carbonyl (C=O) groups is 1. The van der Waals surface area contributed by atoms with E-state index in [4.69, 9.17) is 4.74 Å². The molecule has 1 aliphatic heterocycles. The molecule has 0 radical (unpaired) electrons. The Kier molecular flexibility index (Phi) is 5.01. The van der Waals surface area contributed by atoms with Crippen LogP contribution in [0.5, 0.6) is 0 Å². The standard InChI is InChI=1S/C15H21FN2O3/c1-3-21-15(20)18-8-6-17(7-9-18)14-5-4-12(16)10-13(14)11(2)19/h4-5,10-11,19H,3,6-9H2,1-2H3. The number of hydrogen-bond donors (Lipinski definition) is 1. The highest BCUT2D eigenvalue weighted by atomic mass is 19.1. The lowest BCUT2D eigenvalue weighted by Crippen LogP contribution is -2.49. The van der Waals surface area contributed by atoms with Crippen molar-refractivity contribution in [1.82, 2.24) is 4.90 Å². The molecule has 0 spiro atoms. The summed E-state index contributed by atoms with van der Waals surface area (Å²) in [6, 6.07) is 4.42. The third-order valence-corrected chi connectivity index (χ3v) is 3.59. The highest BCUT2D eigenvalue weighted by molar-refractivity contribution is 5.68. The van der Waals surface area contributed by atoms with Gasteiger partial charge in [0, 0.05) is 37.4 Å². The molecular formula is C15H21FN2O3. The predicted molar refractivity (Wildman–Crippen MR) is 77.8 cm³/mol. The first-order valence-electron chi connectivity index (χ1n) is 7.17. The molecule has 0 bridgehead atoms. The number of nitrogens with zero attached hydrogens (tertiary/aromatic N) is 2. The highest BCUT2D eigenvalue weighted by Gasteiger charge is 2.24. The Morgan fingerprint density at radius 2 is 2.05 bits per heavy atom. The van der Waals surface area contributed by atoms with Crippen molar-refractivity contribution >= 4 is 11.8 Å². The molecule has 1 N–H and O–H groups in total. The molecule has 1 unspecified atom stereocenters. The van der Waals surface area contributed by atoms with E-state index in [1.165, 1.54) is 12.1 Å². The zero-order valence-corrected chi connectivity index (χ0v) is 12.4. The van der Waals surface area contributed by atoms with Crippen LogP contribution in [-0.4, -0.2) is 48.9 Å². The Bertz CT molecular complexity index is 500. The fraction of sp³-hybridized carbons (Fsp3) is 0.533. The molecule has 1 amide bonds. The van der Waals surface area contributed by atoms with Crippen LogP contribution in [0, 0.1) is 5.82 Å². The van der Waals surface area contributed by atoms with Crippen LogP contribution in [0.2, 0.25) is 0 Å². The maximum atomic E-state index is 13.3. The molecule has 1 saturated heterocycles. The molecule has 0 aromatic heterocycles. The van der Waals surface area contributed by atoms with E-state index in [0.29, 0.717) is 38.3 Å². The summed E-state index contributed by atoms with van der Waals surface area (Å²) in [4.78, 5) is 15.4. The SMILES string of the molecule is CCOC(=O)N1CCN(c2ccc(F)cc2C(C)O)CC1. The monoisotopic (exact) mass is 296 g/mol. The summed E-state index contributed by atoms with van der Waals surface area (Å²) in [6.07, 6.45) is -1.04. The first-order chi connectivity index (χ1) is 10.0. The van der Waals surface area contributed by atoms with Gasteiger partial charge in [-0.05, 0) is 32.0 Å². The van der Waals surface area contributed by atoms with Gasteiger partial charge in [0.15, 0.2) is 0 Å². The second-order valence-electron chi connectivity index (χ2n) is 5.05. The summed E-state index contributed by atoms with van der Waals surface area (Å²) in [5, 5.41) is 9.79. The van der Waals surface area contributed by atoms with Crippen molar-refractivity contribution in [2.45, 2.75) is 20.0 Å². The number of piperazine rings is 1. The zero-order chi connectivity index (χ0) is 15.4. The van der Waals surface area contributed by atoms with Gasteiger partial charge in [-0.1, -0.05) is 0 Å². The number of aliphatic hydroxyl groups excluding tert-OH is 1. The van der Waals surface area contributed by atoms with Crippen molar-refractivity contribution in [3.05, 3.63) is 29.6 Å². The van der Waals surface area contributed by atoms with Crippen molar-refractivity contribution in [2.75, 3.05) is 37.7 Å². The van der Waals surface area contributed by atoms with Gasteiger partial charge >= 0.3 is 6.09 Å². The van der Waals surface area contributed by atoms with Gasteiger partial charge in [0.2, 0.25) is 0 Å². The van der Waals surface area contributed by atoms with Gasteiger partial charge < -0.3 is 19.6 Å². The molecule has 2 rings (SSSR count). The molecule has 1 heterocycles. The first-order valence-corrected chi connectivity index (χ1v) is 7.17. The van der Waals surface area contributed by atoms with Crippen molar-refractivity contribution in [2.24, 2.45) is 0 Å². The number of ether oxygens (including phenoxy) is 1. The molecule has 1 fully saturated rings. The van der Waals surface area contributed by atoms with Gasteiger partial charge in [-0.25, -0.2) is 9.18 Å². The molecule has 1 aliphatic rings. The molecule has 0 aliphatic carbocycles. The average molecular weight is 296 g/mol. The quantitative estimate of drug-likeness (QED) is 0.928. The van der Waals surface area contributed by atoms with Crippen molar-refractivity contribution in [1.29, 1.82) is 0 Å². The van der Waals surface area contributed by atoms with E-state index in [-0.39, 0.29) is 11.9 Å². The molecule has 6 heteroatoms. The third kappa shape index (κ3) is 3.64. The van der Waals surface area contributed by atoms with Crippen molar-refractivity contribution in [3.63, 3.8) is 0 Å². The lowest BCUT2D eigenvalue weighted by molar-refractivity contribution is 0.105. The third-order valence-electron chi connectivity index (χ3n) is 3.59. The van der Waals surface area contributed by atoms with Crippen LogP contribution in [0.25, 0.3) is 0 Å². The number of aliphatic hydroxyl groups is 1. The fourth-order valence-electron chi connectivity index (χ4n) is 2.49. The Balaban J connectivity index is 2.07. The Morgan fingerprint density at radius 3 is 2.62 bits per heavy atom. The summed E-state index contributed by atoms with van der Waals surface area (Å²) in [5.74, 6) is -0.361. The first kappa shape index (κ1) is 15.6. The number of benzene rings is 1. The number of halogens is 1. The molecule has 5 nitrogen and oxygen atoms in total. The Morgan fingerprint density at radius 1 is 1.38 bits per heavy atom. The van der Waals surface area contributed by atoms with E-state index < -0.39 is 6.10 Å². The predicted octanol–water partition coefficient (Wildman–Crippen LogP) is 2.16. The summed E-state index contributed by atoms with van der Waals surface area (Å²) in [7, 11) is 0. The molecular weight excluding hydrogens is 275 g/mol. The molecule has 116 valence electrons. The maximum Gasteiger partial charge on any atom is 0.409 e. The smallest absolute Gasteiger partial charge is 0.409 e. The fourth-order valence-corrected chi connectivity index (χ4v) is 2.49. The number of anilines is 1. The zero-order valence-electron chi connectivity index (χ0n) is 12.4. The lowest BCUT2D eigenvalue weighted by Gasteiger charge is -2.36. The molecule has 0 saturated carbocycles. The lowest BCUT2D eigenvalue weighted by atomic mass is 10.1. The van der Waals surface area contributed by atoms with E-state index in [1.54, 1.807) is 24.8 Å². The maximum absolute atomic E-state index is 13.3. The van der Waals surface area contributed by atoms with E-state index in [2.05, 4.69) is 4.90 Å². The minimum absolute atomic E-state index is 0.299. The van der Waals surface area contributed by atoms with Gasteiger partial charge in [0.1, 0.15) is 5.82 Å². The van der Waals surface area contributed by atoms with E-state index >= 15 is 0 Å². The van der Waals surface area contributed by atoms with Gasteiger partial charge in [-0.2, -0.15) is 0 Å². The van der Waals surface area contributed by atoms with Crippen LogP contribution in [0.4, 0.5) is 14.9 Å². The molecule has 21 heavy (non-hydrogen) atoms. The normalized spacial score (nSPS) is 16.8. The number of rotatable bonds is 3. The minimum Gasteiger partial charge on any atom is -0.450 e.